The quantitative estimate of drug-likeness (QED) is 0.404. The third-order valence-electron chi connectivity index (χ3n) is 6.15. The molecule has 1 aliphatic rings. The number of hydrogen-bond acceptors (Lipinski definition) is 4. The van der Waals surface area contributed by atoms with Gasteiger partial charge in [-0.15, -0.1) is 0 Å². The predicted octanol–water partition coefficient (Wildman–Crippen LogP) is 5.92. The first-order valence-corrected chi connectivity index (χ1v) is 12.2. The fourth-order valence-corrected chi connectivity index (χ4v) is 4.56. The van der Waals surface area contributed by atoms with E-state index in [-0.39, 0.29) is 30.5 Å². The Morgan fingerprint density at radius 1 is 1.11 bits per heavy atom. The van der Waals surface area contributed by atoms with Crippen LogP contribution >= 0.6 is 23.2 Å². The number of pyridine rings is 1. The maximum absolute atomic E-state index is 13.1. The lowest BCUT2D eigenvalue weighted by Crippen LogP contribution is -2.32. The van der Waals surface area contributed by atoms with Gasteiger partial charge in [0.15, 0.2) is 0 Å². The Balaban J connectivity index is 1.48. The van der Waals surface area contributed by atoms with Gasteiger partial charge >= 0.3 is 5.97 Å². The molecule has 1 atom stereocenters. The van der Waals surface area contributed by atoms with Crippen molar-refractivity contribution in [1.29, 1.82) is 0 Å². The van der Waals surface area contributed by atoms with Crippen LogP contribution < -0.4 is 4.74 Å². The van der Waals surface area contributed by atoms with E-state index < -0.39 is 5.97 Å². The maximum Gasteiger partial charge on any atom is 0.337 e. The number of amides is 1. The van der Waals surface area contributed by atoms with Gasteiger partial charge in [0.2, 0.25) is 5.91 Å². The lowest BCUT2D eigenvalue weighted by Gasteiger charge is -2.25. The second-order valence-electron chi connectivity index (χ2n) is 8.59. The zero-order valence-corrected chi connectivity index (χ0v) is 20.9. The molecule has 4 rings (SSSR count). The van der Waals surface area contributed by atoms with Crippen molar-refractivity contribution in [2.75, 3.05) is 13.2 Å². The number of carbonyl (C=O) groups is 2. The van der Waals surface area contributed by atoms with Gasteiger partial charge in [-0.25, -0.2) is 4.79 Å². The molecule has 0 unspecified atom stereocenters. The summed E-state index contributed by atoms with van der Waals surface area (Å²) in [5.74, 6) is -0.361. The number of carboxylic acid groups (broad SMARTS) is 1. The summed E-state index contributed by atoms with van der Waals surface area (Å²) in [6, 6.07) is 15.8. The van der Waals surface area contributed by atoms with Crippen LogP contribution in [0, 0.1) is 6.92 Å². The normalized spacial score (nSPS) is 15.3. The molecule has 1 N–H and O–H groups in total. The third-order valence-corrected chi connectivity index (χ3v) is 6.82. The molecule has 8 heteroatoms. The Morgan fingerprint density at radius 2 is 1.89 bits per heavy atom. The fourth-order valence-electron chi connectivity index (χ4n) is 4.31. The van der Waals surface area contributed by atoms with E-state index in [9.17, 15) is 14.7 Å². The second-order valence-corrected chi connectivity index (χ2v) is 9.44. The minimum absolute atomic E-state index is 0.0157. The number of aryl methyl sites for hydroxylation is 1. The van der Waals surface area contributed by atoms with Crippen molar-refractivity contribution in [3.63, 3.8) is 0 Å². The molecule has 0 radical (unpaired) electrons. The standard InChI is InChI=1S/C27H26Cl2N2O4/c1-17-15-20(8-10-22(17)29)35-14-12-23-21(27(33)34)9-11-24(30-23)25-3-2-13-31(25)26(32)16-18-4-6-19(28)7-5-18/h4-11,15,25H,2-3,12-14,16H2,1H3,(H,33,34)/t25-/m0/s1. The van der Waals surface area contributed by atoms with Crippen LogP contribution in [0.15, 0.2) is 54.6 Å². The topological polar surface area (TPSA) is 79.7 Å². The Hall–Kier alpha value is -3.09. The Kier molecular flexibility index (Phi) is 7.93. The van der Waals surface area contributed by atoms with E-state index in [0.29, 0.717) is 40.1 Å². The van der Waals surface area contributed by atoms with Crippen molar-refractivity contribution in [3.05, 3.63) is 92.7 Å². The molecule has 6 nitrogen and oxygen atoms in total. The first-order valence-electron chi connectivity index (χ1n) is 11.5. The number of ether oxygens (including phenoxy) is 1. The molecular formula is C27H26Cl2N2O4. The van der Waals surface area contributed by atoms with Gasteiger partial charge in [-0.05, 0) is 73.4 Å². The number of benzene rings is 2. The summed E-state index contributed by atoms with van der Waals surface area (Å²) in [4.78, 5) is 31.4. The Labute approximate surface area is 214 Å². The Morgan fingerprint density at radius 3 is 2.60 bits per heavy atom. The lowest BCUT2D eigenvalue weighted by molar-refractivity contribution is -0.131. The van der Waals surface area contributed by atoms with Gasteiger partial charge in [-0.1, -0.05) is 35.3 Å². The first kappa shape index (κ1) is 25.0. The zero-order chi connectivity index (χ0) is 24.9. The monoisotopic (exact) mass is 512 g/mol. The zero-order valence-electron chi connectivity index (χ0n) is 19.3. The van der Waals surface area contributed by atoms with Crippen LogP contribution in [0.25, 0.3) is 0 Å². The van der Waals surface area contributed by atoms with Crippen LogP contribution in [-0.4, -0.2) is 40.0 Å². The summed E-state index contributed by atoms with van der Waals surface area (Å²) in [6.07, 6.45) is 2.25. The van der Waals surface area contributed by atoms with Gasteiger partial charge < -0.3 is 14.7 Å². The van der Waals surface area contributed by atoms with Crippen LogP contribution in [0.3, 0.4) is 0 Å². The van der Waals surface area contributed by atoms with Crippen molar-refractivity contribution < 1.29 is 19.4 Å². The SMILES string of the molecule is Cc1cc(OCCc2nc([C@@H]3CCCN3C(=O)Cc3ccc(Cl)cc3)ccc2C(=O)O)ccc1Cl. The molecule has 35 heavy (non-hydrogen) atoms. The van der Waals surface area contributed by atoms with Crippen molar-refractivity contribution in [2.45, 2.75) is 38.6 Å². The summed E-state index contributed by atoms with van der Waals surface area (Å²) in [5, 5.41) is 10.9. The molecule has 1 aliphatic heterocycles. The van der Waals surface area contributed by atoms with Crippen molar-refractivity contribution in [1.82, 2.24) is 9.88 Å². The van der Waals surface area contributed by atoms with Crippen LogP contribution in [0.5, 0.6) is 5.75 Å². The van der Waals surface area contributed by atoms with Gasteiger partial charge in [0, 0.05) is 23.0 Å². The highest BCUT2D eigenvalue weighted by Crippen LogP contribution is 2.32. The molecule has 3 aromatic rings. The molecule has 2 heterocycles. The average molecular weight is 513 g/mol. The van der Waals surface area contributed by atoms with E-state index in [1.54, 1.807) is 36.4 Å². The number of aromatic nitrogens is 1. The van der Waals surface area contributed by atoms with E-state index in [4.69, 9.17) is 32.9 Å². The number of hydrogen-bond donors (Lipinski definition) is 1. The smallest absolute Gasteiger partial charge is 0.337 e. The minimum Gasteiger partial charge on any atom is -0.493 e. The van der Waals surface area contributed by atoms with Crippen molar-refractivity contribution in [3.8, 4) is 5.75 Å². The summed E-state index contributed by atoms with van der Waals surface area (Å²) in [5.41, 5.74) is 3.09. The number of carboxylic acids is 1. The van der Waals surface area contributed by atoms with E-state index in [1.165, 1.54) is 0 Å². The molecule has 1 fully saturated rings. The van der Waals surface area contributed by atoms with E-state index in [0.717, 1.165) is 24.0 Å². The molecule has 2 aromatic carbocycles. The van der Waals surface area contributed by atoms with Gasteiger partial charge in [0.25, 0.3) is 0 Å². The number of aromatic carboxylic acids is 1. The number of rotatable bonds is 8. The fraction of sp³-hybridized carbons (Fsp3) is 0.296. The van der Waals surface area contributed by atoms with E-state index >= 15 is 0 Å². The molecule has 0 spiro atoms. The van der Waals surface area contributed by atoms with E-state index in [2.05, 4.69) is 0 Å². The molecule has 182 valence electrons. The second kappa shape index (κ2) is 11.1. The molecule has 1 aromatic heterocycles. The molecular weight excluding hydrogens is 487 g/mol. The van der Waals surface area contributed by atoms with Crippen molar-refractivity contribution in [2.24, 2.45) is 0 Å². The minimum atomic E-state index is -1.04. The van der Waals surface area contributed by atoms with Crippen LogP contribution in [0.1, 0.15) is 51.8 Å². The highest BCUT2D eigenvalue weighted by molar-refractivity contribution is 6.31. The van der Waals surface area contributed by atoms with E-state index in [1.807, 2.05) is 30.0 Å². The molecule has 1 saturated heterocycles. The van der Waals surface area contributed by atoms with Crippen molar-refractivity contribution >= 4 is 35.1 Å². The average Bonchev–Trinajstić information content (AvgIpc) is 3.33. The largest absolute Gasteiger partial charge is 0.493 e. The van der Waals surface area contributed by atoms with Gasteiger partial charge in [-0.2, -0.15) is 0 Å². The number of halogens is 2. The van der Waals surface area contributed by atoms with Crippen LogP contribution in [0.4, 0.5) is 0 Å². The highest BCUT2D eigenvalue weighted by Gasteiger charge is 2.31. The molecule has 1 amide bonds. The molecule has 0 aliphatic carbocycles. The number of nitrogens with zero attached hydrogens (tertiary/aromatic N) is 2. The predicted molar refractivity (Wildman–Crippen MR) is 135 cm³/mol. The third kappa shape index (κ3) is 6.13. The summed E-state index contributed by atoms with van der Waals surface area (Å²) >= 11 is 12.0. The van der Waals surface area contributed by atoms with Gasteiger partial charge in [0.05, 0.1) is 36.0 Å². The van der Waals surface area contributed by atoms with Crippen LogP contribution in [-0.2, 0) is 17.6 Å². The first-order chi connectivity index (χ1) is 16.8. The number of carbonyl (C=O) groups excluding carboxylic acids is 1. The maximum atomic E-state index is 13.1. The molecule has 0 bridgehead atoms. The molecule has 0 saturated carbocycles. The summed E-state index contributed by atoms with van der Waals surface area (Å²) in [7, 11) is 0. The van der Waals surface area contributed by atoms with Gasteiger partial charge in [0.1, 0.15) is 5.75 Å². The Bertz CT molecular complexity index is 1230. The van der Waals surface area contributed by atoms with Crippen LogP contribution in [0.2, 0.25) is 10.0 Å². The number of likely N-dealkylation sites (tertiary alicyclic amines) is 1. The van der Waals surface area contributed by atoms with Gasteiger partial charge in [-0.3, -0.25) is 9.78 Å². The highest BCUT2D eigenvalue weighted by atomic mass is 35.5. The summed E-state index contributed by atoms with van der Waals surface area (Å²) in [6.45, 7) is 2.81. The summed E-state index contributed by atoms with van der Waals surface area (Å²) < 4.78 is 5.81. The lowest BCUT2D eigenvalue weighted by atomic mass is 10.1.